The van der Waals surface area contributed by atoms with Crippen molar-refractivity contribution in [2.24, 2.45) is 5.92 Å². The molecule has 2 unspecified atom stereocenters. The Morgan fingerprint density at radius 2 is 1.56 bits per heavy atom. The van der Waals surface area contributed by atoms with Crippen molar-refractivity contribution >= 4 is 12.6 Å². The van der Waals surface area contributed by atoms with Gasteiger partial charge in [0.2, 0.25) is 0 Å². The van der Waals surface area contributed by atoms with Crippen LogP contribution < -0.4 is 5.46 Å². The molecule has 1 aliphatic heterocycles. The molecule has 1 heterocycles. The fourth-order valence-electron chi connectivity index (χ4n) is 5.97. The van der Waals surface area contributed by atoms with Crippen molar-refractivity contribution in [3.63, 3.8) is 0 Å². The minimum Gasteiger partial charge on any atom is -0.399 e. The van der Waals surface area contributed by atoms with Gasteiger partial charge in [0.1, 0.15) is 0 Å². The van der Waals surface area contributed by atoms with E-state index in [2.05, 4.69) is 70.2 Å². The first kappa shape index (κ1) is 17.8. The summed E-state index contributed by atoms with van der Waals surface area (Å²) < 4.78 is 13.0. The maximum Gasteiger partial charge on any atom is 0.495 e. The van der Waals surface area contributed by atoms with Crippen LogP contribution in [-0.2, 0) is 14.7 Å². The third kappa shape index (κ3) is 2.40. The zero-order valence-electron chi connectivity index (χ0n) is 17.1. The molecular weight excluding hydrogens is 331 g/mol. The van der Waals surface area contributed by atoms with Gasteiger partial charge in [-0.25, -0.2) is 0 Å². The van der Waals surface area contributed by atoms with Gasteiger partial charge in [0.25, 0.3) is 0 Å². The van der Waals surface area contributed by atoms with Gasteiger partial charge in [-0.3, -0.25) is 0 Å². The van der Waals surface area contributed by atoms with E-state index in [1.807, 2.05) is 0 Å². The first-order valence-corrected chi connectivity index (χ1v) is 10.7. The van der Waals surface area contributed by atoms with Crippen molar-refractivity contribution in [3.05, 3.63) is 53.6 Å². The Bertz CT molecular complexity index is 798. The lowest BCUT2D eigenvalue weighted by molar-refractivity contribution is 0.00578. The van der Waals surface area contributed by atoms with Crippen molar-refractivity contribution in [1.29, 1.82) is 0 Å². The van der Waals surface area contributed by atoms with Crippen LogP contribution in [-0.4, -0.2) is 18.3 Å². The Morgan fingerprint density at radius 1 is 0.889 bits per heavy atom. The fraction of sp³-hybridized carbons (Fsp3) is 0.583. The molecule has 1 saturated heterocycles. The zero-order valence-corrected chi connectivity index (χ0v) is 17.1. The molecule has 142 valence electrons. The van der Waals surface area contributed by atoms with Gasteiger partial charge >= 0.3 is 7.12 Å². The van der Waals surface area contributed by atoms with E-state index in [0.717, 1.165) is 0 Å². The van der Waals surface area contributed by atoms with E-state index in [4.69, 9.17) is 9.31 Å². The third-order valence-corrected chi connectivity index (χ3v) is 8.01. The SMILES string of the molecule is CC1(C)OB(c2cccc3c2C2(CCCCC2)C2C=CC=CC32)OC1(C)C. The van der Waals surface area contributed by atoms with Crippen LogP contribution in [0.25, 0.3) is 0 Å². The summed E-state index contributed by atoms with van der Waals surface area (Å²) in [5.74, 6) is 1.09. The molecule has 1 aromatic rings. The van der Waals surface area contributed by atoms with Gasteiger partial charge in [0, 0.05) is 11.3 Å². The average molecular weight is 362 g/mol. The molecule has 2 fully saturated rings. The van der Waals surface area contributed by atoms with Gasteiger partial charge in [0.05, 0.1) is 11.2 Å². The van der Waals surface area contributed by atoms with Gasteiger partial charge in [-0.1, -0.05) is 61.8 Å². The normalized spacial score (nSPS) is 31.9. The molecule has 0 N–H and O–H groups in total. The molecule has 5 rings (SSSR count). The summed E-state index contributed by atoms with van der Waals surface area (Å²) in [6.07, 6.45) is 16.0. The summed E-state index contributed by atoms with van der Waals surface area (Å²) in [6, 6.07) is 6.83. The quantitative estimate of drug-likeness (QED) is 0.653. The van der Waals surface area contributed by atoms with E-state index < -0.39 is 0 Å². The van der Waals surface area contributed by atoms with Crippen molar-refractivity contribution in [2.45, 2.75) is 82.3 Å². The Labute approximate surface area is 164 Å². The second-order valence-corrected chi connectivity index (χ2v) is 9.94. The van der Waals surface area contributed by atoms with Gasteiger partial charge in [0.15, 0.2) is 0 Å². The maximum absolute atomic E-state index is 6.50. The van der Waals surface area contributed by atoms with Crippen LogP contribution in [0.3, 0.4) is 0 Å². The smallest absolute Gasteiger partial charge is 0.399 e. The van der Waals surface area contributed by atoms with Crippen LogP contribution >= 0.6 is 0 Å². The number of rotatable bonds is 1. The van der Waals surface area contributed by atoms with Crippen molar-refractivity contribution < 1.29 is 9.31 Å². The Hall–Kier alpha value is -1.32. The molecule has 0 amide bonds. The van der Waals surface area contributed by atoms with E-state index in [0.29, 0.717) is 11.8 Å². The summed E-state index contributed by atoms with van der Waals surface area (Å²) in [7, 11) is -0.267. The molecule has 0 bridgehead atoms. The van der Waals surface area contributed by atoms with E-state index in [1.165, 1.54) is 43.1 Å². The van der Waals surface area contributed by atoms with Crippen LogP contribution in [0, 0.1) is 5.92 Å². The van der Waals surface area contributed by atoms with Crippen LogP contribution in [0.2, 0.25) is 0 Å². The predicted octanol–water partition coefficient (Wildman–Crippen LogP) is 5.03. The zero-order chi connectivity index (χ0) is 18.9. The molecule has 1 spiro atoms. The average Bonchev–Trinajstić information content (AvgIpc) is 3.05. The van der Waals surface area contributed by atoms with Crippen LogP contribution in [0.5, 0.6) is 0 Å². The van der Waals surface area contributed by atoms with E-state index >= 15 is 0 Å². The number of benzene rings is 1. The highest BCUT2D eigenvalue weighted by Gasteiger charge is 2.57. The number of fused-ring (bicyclic) bond motifs is 5. The second kappa shape index (κ2) is 5.84. The molecule has 4 aliphatic rings. The Kier molecular flexibility index (Phi) is 3.84. The molecule has 1 saturated carbocycles. The maximum atomic E-state index is 6.50. The first-order chi connectivity index (χ1) is 12.9. The van der Waals surface area contributed by atoms with Gasteiger partial charge < -0.3 is 9.31 Å². The van der Waals surface area contributed by atoms with Crippen LogP contribution in [0.1, 0.15) is 76.8 Å². The topological polar surface area (TPSA) is 18.5 Å². The lowest BCUT2D eigenvalue weighted by Gasteiger charge is -2.41. The molecule has 0 radical (unpaired) electrons. The van der Waals surface area contributed by atoms with Crippen molar-refractivity contribution in [3.8, 4) is 0 Å². The van der Waals surface area contributed by atoms with Crippen LogP contribution in [0.15, 0.2) is 42.5 Å². The summed E-state index contributed by atoms with van der Waals surface area (Å²) in [4.78, 5) is 0. The summed E-state index contributed by atoms with van der Waals surface area (Å²) in [5.41, 5.74) is 3.99. The number of hydrogen-bond acceptors (Lipinski definition) is 2. The van der Waals surface area contributed by atoms with Crippen LogP contribution in [0.4, 0.5) is 0 Å². The minimum absolute atomic E-state index is 0.250. The largest absolute Gasteiger partial charge is 0.495 e. The van der Waals surface area contributed by atoms with Gasteiger partial charge in [-0.15, -0.1) is 0 Å². The van der Waals surface area contributed by atoms with E-state index in [1.54, 1.807) is 5.56 Å². The second-order valence-electron chi connectivity index (χ2n) is 9.94. The molecule has 3 heteroatoms. The highest BCUT2D eigenvalue weighted by molar-refractivity contribution is 6.62. The number of hydrogen-bond donors (Lipinski definition) is 0. The monoisotopic (exact) mass is 362 g/mol. The highest BCUT2D eigenvalue weighted by atomic mass is 16.7. The molecular formula is C24H31BO2. The molecule has 27 heavy (non-hydrogen) atoms. The third-order valence-electron chi connectivity index (χ3n) is 8.01. The molecule has 2 atom stereocenters. The minimum atomic E-state index is -0.300. The summed E-state index contributed by atoms with van der Waals surface area (Å²) in [6.45, 7) is 8.60. The molecule has 0 aromatic heterocycles. The lowest BCUT2D eigenvalue weighted by Crippen LogP contribution is -2.44. The molecule has 2 nitrogen and oxygen atoms in total. The standard InChI is InChI=1S/C24H31BO2/c1-22(2)23(3,4)27-25(26-22)20-14-10-12-18-17-11-6-7-13-19(17)24(21(18)20)15-8-5-9-16-24/h6-7,10-14,17,19H,5,8-9,15-16H2,1-4H3. The lowest BCUT2D eigenvalue weighted by atomic mass is 9.60. The summed E-state index contributed by atoms with van der Waals surface area (Å²) in [5, 5.41) is 0. The first-order valence-electron chi connectivity index (χ1n) is 10.7. The Morgan fingerprint density at radius 3 is 2.26 bits per heavy atom. The fourth-order valence-corrected chi connectivity index (χ4v) is 5.97. The summed E-state index contributed by atoms with van der Waals surface area (Å²) >= 11 is 0. The van der Waals surface area contributed by atoms with E-state index in [9.17, 15) is 0 Å². The molecule has 3 aliphatic carbocycles. The van der Waals surface area contributed by atoms with Crippen molar-refractivity contribution in [1.82, 2.24) is 0 Å². The molecule has 1 aromatic carbocycles. The van der Waals surface area contributed by atoms with Gasteiger partial charge in [-0.2, -0.15) is 0 Å². The number of allylic oxidation sites excluding steroid dienone is 4. The Balaban J connectivity index is 1.67. The van der Waals surface area contributed by atoms with Crippen molar-refractivity contribution in [2.75, 3.05) is 0 Å². The van der Waals surface area contributed by atoms with E-state index in [-0.39, 0.29) is 23.7 Å². The van der Waals surface area contributed by atoms with Gasteiger partial charge in [-0.05, 0) is 63.0 Å². The highest BCUT2D eigenvalue weighted by Crippen LogP contribution is 2.58. The predicted molar refractivity (Wildman–Crippen MR) is 111 cm³/mol.